The third kappa shape index (κ3) is 1.49. The van der Waals surface area contributed by atoms with Crippen molar-refractivity contribution in [1.29, 1.82) is 0 Å². The molecule has 0 fully saturated rings. The van der Waals surface area contributed by atoms with Crippen LogP contribution >= 0.6 is 0 Å². The Kier molecular flexibility index (Phi) is 2.27. The number of anilines is 1. The highest BCUT2D eigenvalue weighted by molar-refractivity contribution is 5.71. The van der Waals surface area contributed by atoms with Gasteiger partial charge in [0.05, 0.1) is 17.1 Å². The summed E-state index contributed by atoms with van der Waals surface area (Å²) in [6.45, 7) is 5.09. The van der Waals surface area contributed by atoms with Crippen LogP contribution in [0.4, 0.5) is 5.69 Å². The third-order valence-electron chi connectivity index (χ3n) is 2.11. The van der Waals surface area contributed by atoms with Gasteiger partial charge < -0.3 is 10.8 Å². The summed E-state index contributed by atoms with van der Waals surface area (Å²) < 4.78 is 1.42. The van der Waals surface area contributed by atoms with Gasteiger partial charge in [0.15, 0.2) is 0 Å². The SMILES string of the molecule is Cc1nn(C(C)C(=O)O)c(C)c1N. The predicted molar refractivity (Wildman–Crippen MR) is 48.5 cm³/mol. The van der Waals surface area contributed by atoms with E-state index in [1.807, 2.05) is 0 Å². The summed E-state index contributed by atoms with van der Waals surface area (Å²) in [4.78, 5) is 10.7. The van der Waals surface area contributed by atoms with Crippen LogP contribution in [0.5, 0.6) is 0 Å². The van der Waals surface area contributed by atoms with Crippen molar-refractivity contribution >= 4 is 11.7 Å². The summed E-state index contributed by atoms with van der Waals surface area (Å²) in [7, 11) is 0. The molecule has 0 amide bonds. The lowest BCUT2D eigenvalue weighted by atomic mass is 10.3. The maximum absolute atomic E-state index is 10.7. The van der Waals surface area contributed by atoms with E-state index in [0.29, 0.717) is 17.1 Å². The maximum atomic E-state index is 10.7. The largest absolute Gasteiger partial charge is 0.480 e. The second-order valence-electron chi connectivity index (χ2n) is 3.04. The van der Waals surface area contributed by atoms with E-state index in [2.05, 4.69) is 5.10 Å². The predicted octanol–water partition coefficient (Wildman–Crippen LogP) is 0.728. The molecule has 0 aliphatic rings. The van der Waals surface area contributed by atoms with Gasteiger partial charge in [-0.25, -0.2) is 4.79 Å². The minimum Gasteiger partial charge on any atom is -0.480 e. The van der Waals surface area contributed by atoms with E-state index in [9.17, 15) is 4.79 Å². The topological polar surface area (TPSA) is 81.1 Å². The highest BCUT2D eigenvalue weighted by Crippen LogP contribution is 2.18. The van der Waals surface area contributed by atoms with Gasteiger partial charge in [-0.05, 0) is 20.8 Å². The molecule has 0 saturated carbocycles. The third-order valence-corrected chi connectivity index (χ3v) is 2.11. The van der Waals surface area contributed by atoms with Crippen LogP contribution in [0, 0.1) is 13.8 Å². The van der Waals surface area contributed by atoms with E-state index in [1.54, 1.807) is 20.8 Å². The number of nitrogen functional groups attached to an aromatic ring is 1. The summed E-state index contributed by atoms with van der Waals surface area (Å²) in [6, 6.07) is -0.670. The molecule has 1 rings (SSSR count). The van der Waals surface area contributed by atoms with Crippen molar-refractivity contribution in [3.8, 4) is 0 Å². The van der Waals surface area contributed by atoms with Crippen molar-refractivity contribution in [1.82, 2.24) is 9.78 Å². The van der Waals surface area contributed by atoms with Gasteiger partial charge in [0.1, 0.15) is 6.04 Å². The number of hydrogen-bond donors (Lipinski definition) is 2. The van der Waals surface area contributed by atoms with Crippen LogP contribution in [0.15, 0.2) is 0 Å². The molecular weight excluding hydrogens is 170 g/mol. The van der Waals surface area contributed by atoms with Crippen molar-refractivity contribution in [3.63, 3.8) is 0 Å². The first-order chi connectivity index (χ1) is 5.95. The highest BCUT2D eigenvalue weighted by atomic mass is 16.4. The summed E-state index contributed by atoms with van der Waals surface area (Å²) in [5, 5.41) is 12.8. The van der Waals surface area contributed by atoms with Crippen LogP contribution in [-0.4, -0.2) is 20.9 Å². The second-order valence-corrected chi connectivity index (χ2v) is 3.04. The molecule has 0 aliphatic heterocycles. The monoisotopic (exact) mass is 183 g/mol. The molecular formula is C8H13N3O2. The summed E-state index contributed by atoms with van der Waals surface area (Å²) in [5.41, 5.74) is 7.60. The number of carbonyl (C=O) groups is 1. The van der Waals surface area contributed by atoms with Gasteiger partial charge in [0.25, 0.3) is 0 Å². The first-order valence-electron chi connectivity index (χ1n) is 3.99. The number of aryl methyl sites for hydroxylation is 1. The highest BCUT2D eigenvalue weighted by Gasteiger charge is 2.18. The fourth-order valence-corrected chi connectivity index (χ4v) is 1.16. The normalized spacial score (nSPS) is 12.8. The zero-order valence-corrected chi connectivity index (χ0v) is 7.90. The molecule has 1 aromatic rings. The van der Waals surface area contributed by atoms with Gasteiger partial charge >= 0.3 is 5.97 Å². The minimum absolute atomic E-state index is 0.563. The lowest BCUT2D eigenvalue weighted by molar-refractivity contribution is -0.140. The smallest absolute Gasteiger partial charge is 0.328 e. The lowest BCUT2D eigenvalue weighted by Crippen LogP contribution is -2.18. The molecule has 5 nitrogen and oxygen atoms in total. The lowest BCUT2D eigenvalue weighted by Gasteiger charge is -2.08. The summed E-state index contributed by atoms with van der Waals surface area (Å²) >= 11 is 0. The number of aliphatic carboxylic acids is 1. The Morgan fingerprint density at radius 2 is 2.15 bits per heavy atom. The number of rotatable bonds is 2. The standard InChI is InChI=1S/C8H13N3O2/c1-4-7(9)5(2)11(10-4)6(3)8(12)13/h6H,9H2,1-3H3,(H,12,13). The Labute approximate surface area is 76.2 Å². The molecule has 13 heavy (non-hydrogen) atoms. The van der Waals surface area contributed by atoms with Crippen LogP contribution in [-0.2, 0) is 4.79 Å². The zero-order valence-electron chi connectivity index (χ0n) is 7.90. The number of hydrogen-bond acceptors (Lipinski definition) is 3. The summed E-state index contributed by atoms with van der Waals surface area (Å²) in [6.07, 6.45) is 0. The zero-order chi connectivity index (χ0) is 10.2. The average Bonchev–Trinajstić information content (AvgIpc) is 2.31. The molecule has 0 bridgehead atoms. The molecule has 0 aromatic carbocycles. The Balaban J connectivity index is 3.15. The molecule has 1 aromatic heterocycles. The van der Waals surface area contributed by atoms with Crippen molar-refractivity contribution in [2.24, 2.45) is 0 Å². The Morgan fingerprint density at radius 1 is 1.62 bits per heavy atom. The second kappa shape index (κ2) is 3.08. The van der Waals surface area contributed by atoms with Gasteiger partial charge in [-0.1, -0.05) is 0 Å². The van der Waals surface area contributed by atoms with E-state index < -0.39 is 12.0 Å². The molecule has 72 valence electrons. The van der Waals surface area contributed by atoms with Crippen molar-refractivity contribution < 1.29 is 9.90 Å². The Hall–Kier alpha value is -1.52. The molecule has 1 heterocycles. The minimum atomic E-state index is -0.911. The van der Waals surface area contributed by atoms with Crippen LogP contribution in [0.3, 0.4) is 0 Å². The van der Waals surface area contributed by atoms with E-state index in [-0.39, 0.29) is 0 Å². The first-order valence-corrected chi connectivity index (χ1v) is 3.99. The Bertz CT molecular complexity index is 343. The first kappa shape index (κ1) is 9.57. The van der Waals surface area contributed by atoms with Gasteiger partial charge in [-0.3, -0.25) is 4.68 Å². The quantitative estimate of drug-likeness (QED) is 0.708. The fourth-order valence-electron chi connectivity index (χ4n) is 1.16. The van der Waals surface area contributed by atoms with E-state index >= 15 is 0 Å². The fraction of sp³-hybridized carbons (Fsp3) is 0.500. The molecule has 0 spiro atoms. The molecule has 1 unspecified atom stereocenters. The maximum Gasteiger partial charge on any atom is 0.328 e. The van der Waals surface area contributed by atoms with Crippen molar-refractivity contribution in [3.05, 3.63) is 11.4 Å². The molecule has 5 heteroatoms. The number of aromatic nitrogens is 2. The van der Waals surface area contributed by atoms with E-state index in [1.165, 1.54) is 4.68 Å². The number of nitrogens with zero attached hydrogens (tertiary/aromatic N) is 2. The van der Waals surface area contributed by atoms with Crippen LogP contribution < -0.4 is 5.73 Å². The van der Waals surface area contributed by atoms with Gasteiger partial charge in [0, 0.05) is 0 Å². The van der Waals surface area contributed by atoms with Crippen LogP contribution in [0.2, 0.25) is 0 Å². The average molecular weight is 183 g/mol. The molecule has 0 saturated heterocycles. The van der Waals surface area contributed by atoms with Crippen molar-refractivity contribution in [2.45, 2.75) is 26.8 Å². The number of nitrogens with two attached hydrogens (primary N) is 1. The number of carboxylic acid groups (broad SMARTS) is 1. The van der Waals surface area contributed by atoms with Crippen LogP contribution in [0.1, 0.15) is 24.4 Å². The molecule has 0 radical (unpaired) electrons. The Morgan fingerprint density at radius 3 is 2.46 bits per heavy atom. The van der Waals surface area contributed by atoms with Gasteiger partial charge in [-0.15, -0.1) is 0 Å². The molecule has 3 N–H and O–H groups in total. The van der Waals surface area contributed by atoms with E-state index in [0.717, 1.165) is 0 Å². The van der Waals surface area contributed by atoms with Gasteiger partial charge in [0.2, 0.25) is 0 Å². The molecule has 1 atom stereocenters. The van der Waals surface area contributed by atoms with Gasteiger partial charge in [-0.2, -0.15) is 5.10 Å². The van der Waals surface area contributed by atoms with Crippen LogP contribution in [0.25, 0.3) is 0 Å². The van der Waals surface area contributed by atoms with E-state index in [4.69, 9.17) is 10.8 Å². The number of carboxylic acids is 1. The molecule has 0 aliphatic carbocycles. The summed E-state index contributed by atoms with van der Waals surface area (Å²) in [5.74, 6) is -0.911. The van der Waals surface area contributed by atoms with Crippen molar-refractivity contribution in [2.75, 3.05) is 5.73 Å².